The number of aliphatic hydroxyl groups is 1. The Morgan fingerprint density at radius 1 is 1.48 bits per heavy atom. The molecule has 2 rings (SSSR count). The van der Waals surface area contributed by atoms with Crippen molar-refractivity contribution in [1.82, 2.24) is 10.2 Å². The van der Waals surface area contributed by atoms with E-state index in [-0.39, 0.29) is 18.6 Å². The molecule has 1 heterocycles. The Balaban J connectivity index is 1.93. The number of rotatable bonds is 6. The molecule has 5 nitrogen and oxygen atoms in total. The van der Waals surface area contributed by atoms with E-state index < -0.39 is 0 Å². The van der Waals surface area contributed by atoms with Crippen LogP contribution in [-0.2, 0) is 11.3 Å². The third-order valence-electron chi connectivity index (χ3n) is 4.45. The Bertz CT molecular complexity index is 539. The van der Waals surface area contributed by atoms with Crippen LogP contribution >= 0.6 is 11.6 Å². The first-order valence-corrected chi connectivity index (χ1v) is 8.38. The number of methoxy groups -OCH3 is 1. The number of carbonyl (C=O) groups excluding carboxylic acids is 1. The minimum atomic E-state index is -0.0563. The molecule has 1 saturated heterocycles. The van der Waals surface area contributed by atoms with E-state index in [2.05, 4.69) is 17.1 Å². The van der Waals surface area contributed by atoms with Gasteiger partial charge in [-0.3, -0.25) is 9.69 Å². The van der Waals surface area contributed by atoms with Crippen molar-refractivity contribution < 1.29 is 14.6 Å². The predicted octanol–water partition coefficient (Wildman–Crippen LogP) is 2.20. The van der Waals surface area contributed by atoms with Gasteiger partial charge in [-0.15, -0.1) is 0 Å². The quantitative estimate of drug-likeness (QED) is 0.833. The lowest BCUT2D eigenvalue weighted by atomic mass is 9.97. The van der Waals surface area contributed by atoms with Gasteiger partial charge in [-0.25, -0.2) is 0 Å². The van der Waals surface area contributed by atoms with E-state index in [1.165, 1.54) is 0 Å². The number of piperidine rings is 1. The fourth-order valence-corrected chi connectivity index (χ4v) is 3.32. The average molecular weight is 341 g/mol. The molecule has 1 aromatic carbocycles. The van der Waals surface area contributed by atoms with E-state index in [9.17, 15) is 9.90 Å². The smallest absolute Gasteiger partial charge is 0.234 e. The van der Waals surface area contributed by atoms with Crippen molar-refractivity contribution in [2.75, 3.05) is 20.3 Å². The van der Waals surface area contributed by atoms with Crippen molar-refractivity contribution in [3.8, 4) is 5.75 Å². The molecular formula is C17H25ClN2O3. The van der Waals surface area contributed by atoms with Crippen LogP contribution in [0.4, 0.5) is 0 Å². The summed E-state index contributed by atoms with van der Waals surface area (Å²) >= 11 is 6.00. The standard InChI is InChI=1S/C17H25ClN2O3/c1-12-4-3-5-15(11-21)20(12)10-17(22)19-9-13-8-14(18)6-7-16(13)23-2/h6-8,12,15,21H,3-5,9-11H2,1-2H3,(H,19,22). The zero-order chi connectivity index (χ0) is 16.8. The zero-order valence-corrected chi connectivity index (χ0v) is 14.5. The first kappa shape index (κ1) is 18.0. The van der Waals surface area contributed by atoms with Crippen LogP contribution in [0.3, 0.4) is 0 Å². The molecule has 1 aromatic rings. The van der Waals surface area contributed by atoms with E-state index >= 15 is 0 Å². The van der Waals surface area contributed by atoms with Gasteiger partial charge in [0.1, 0.15) is 5.75 Å². The lowest BCUT2D eigenvalue weighted by Crippen LogP contribution is -2.51. The zero-order valence-electron chi connectivity index (χ0n) is 13.7. The summed E-state index contributed by atoms with van der Waals surface area (Å²) in [4.78, 5) is 14.4. The Kier molecular flexibility index (Phi) is 6.69. The molecule has 1 fully saturated rings. The van der Waals surface area contributed by atoms with Crippen LogP contribution in [0.2, 0.25) is 5.02 Å². The fourth-order valence-electron chi connectivity index (χ4n) is 3.12. The highest BCUT2D eigenvalue weighted by Crippen LogP contribution is 2.23. The summed E-state index contributed by atoms with van der Waals surface area (Å²) in [5.41, 5.74) is 0.846. The number of nitrogens with zero attached hydrogens (tertiary/aromatic N) is 1. The Labute approximate surface area is 142 Å². The molecular weight excluding hydrogens is 316 g/mol. The highest BCUT2D eigenvalue weighted by atomic mass is 35.5. The van der Waals surface area contributed by atoms with E-state index in [4.69, 9.17) is 16.3 Å². The largest absolute Gasteiger partial charge is 0.496 e. The molecule has 1 amide bonds. The monoisotopic (exact) mass is 340 g/mol. The summed E-state index contributed by atoms with van der Waals surface area (Å²) in [6, 6.07) is 5.73. The number of aliphatic hydroxyl groups excluding tert-OH is 1. The van der Waals surface area contributed by atoms with Gasteiger partial charge in [0.2, 0.25) is 5.91 Å². The van der Waals surface area contributed by atoms with E-state index in [1.54, 1.807) is 25.3 Å². The Morgan fingerprint density at radius 3 is 2.96 bits per heavy atom. The van der Waals surface area contributed by atoms with Crippen molar-refractivity contribution in [3.05, 3.63) is 28.8 Å². The van der Waals surface area contributed by atoms with Gasteiger partial charge in [-0.1, -0.05) is 18.0 Å². The first-order valence-electron chi connectivity index (χ1n) is 8.01. The van der Waals surface area contributed by atoms with Crippen molar-refractivity contribution in [2.45, 2.75) is 44.8 Å². The molecule has 0 bridgehead atoms. The topological polar surface area (TPSA) is 61.8 Å². The second-order valence-corrected chi connectivity index (χ2v) is 6.46. The molecule has 0 saturated carbocycles. The molecule has 2 N–H and O–H groups in total. The summed E-state index contributed by atoms with van der Waals surface area (Å²) in [6.45, 7) is 2.87. The van der Waals surface area contributed by atoms with Crippen LogP contribution < -0.4 is 10.1 Å². The van der Waals surface area contributed by atoms with Crippen LogP contribution in [0.5, 0.6) is 5.75 Å². The van der Waals surface area contributed by atoms with Crippen LogP contribution in [0, 0.1) is 0 Å². The van der Waals surface area contributed by atoms with Gasteiger partial charge in [0.15, 0.2) is 0 Å². The normalized spacial score (nSPS) is 21.9. The number of hydrogen-bond donors (Lipinski definition) is 2. The molecule has 23 heavy (non-hydrogen) atoms. The SMILES string of the molecule is COc1ccc(Cl)cc1CNC(=O)CN1C(C)CCCC1CO. The second kappa shape index (κ2) is 8.52. The molecule has 0 aromatic heterocycles. The lowest BCUT2D eigenvalue weighted by Gasteiger charge is -2.39. The van der Waals surface area contributed by atoms with Gasteiger partial charge in [0.05, 0.1) is 20.3 Å². The Hall–Kier alpha value is -1.30. The van der Waals surface area contributed by atoms with Crippen molar-refractivity contribution in [3.63, 3.8) is 0 Å². The summed E-state index contributed by atoms with van der Waals surface area (Å²) in [5.74, 6) is 0.647. The van der Waals surface area contributed by atoms with Crippen LogP contribution in [0.1, 0.15) is 31.7 Å². The molecule has 128 valence electrons. The van der Waals surface area contributed by atoms with E-state index in [0.29, 0.717) is 29.9 Å². The number of ether oxygens (including phenoxy) is 1. The maximum absolute atomic E-state index is 12.3. The lowest BCUT2D eigenvalue weighted by molar-refractivity contribution is -0.124. The van der Waals surface area contributed by atoms with Crippen LogP contribution in [0.15, 0.2) is 18.2 Å². The van der Waals surface area contributed by atoms with E-state index in [0.717, 1.165) is 24.8 Å². The minimum Gasteiger partial charge on any atom is -0.496 e. The van der Waals surface area contributed by atoms with Crippen LogP contribution in [0.25, 0.3) is 0 Å². The molecule has 1 aliphatic heterocycles. The maximum Gasteiger partial charge on any atom is 0.234 e. The van der Waals surface area contributed by atoms with Gasteiger partial charge >= 0.3 is 0 Å². The third-order valence-corrected chi connectivity index (χ3v) is 4.68. The highest BCUT2D eigenvalue weighted by Gasteiger charge is 2.28. The average Bonchev–Trinajstić information content (AvgIpc) is 2.55. The Morgan fingerprint density at radius 2 is 2.26 bits per heavy atom. The number of nitrogens with one attached hydrogen (secondary N) is 1. The molecule has 0 spiro atoms. The minimum absolute atomic E-state index is 0.0563. The van der Waals surface area contributed by atoms with Gasteiger partial charge < -0.3 is 15.2 Å². The second-order valence-electron chi connectivity index (χ2n) is 6.02. The number of benzene rings is 1. The van der Waals surface area contributed by atoms with Gasteiger partial charge in [0.25, 0.3) is 0 Å². The number of amides is 1. The molecule has 0 radical (unpaired) electrons. The van der Waals surface area contributed by atoms with Crippen molar-refractivity contribution >= 4 is 17.5 Å². The van der Waals surface area contributed by atoms with Gasteiger partial charge in [0, 0.05) is 29.2 Å². The number of hydrogen-bond acceptors (Lipinski definition) is 4. The summed E-state index contributed by atoms with van der Waals surface area (Å²) < 4.78 is 5.28. The fraction of sp³-hybridized carbons (Fsp3) is 0.588. The van der Waals surface area contributed by atoms with Crippen LogP contribution in [-0.4, -0.2) is 48.3 Å². The summed E-state index contributed by atoms with van der Waals surface area (Å²) in [7, 11) is 1.59. The maximum atomic E-state index is 12.3. The highest BCUT2D eigenvalue weighted by molar-refractivity contribution is 6.30. The van der Waals surface area contributed by atoms with Crippen molar-refractivity contribution in [1.29, 1.82) is 0 Å². The predicted molar refractivity (Wildman–Crippen MR) is 90.7 cm³/mol. The molecule has 6 heteroatoms. The third kappa shape index (κ3) is 4.83. The van der Waals surface area contributed by atoms with Gasteiger partial charge in [-0.05, 0) is 38.0 Å². The first-order chi connectivity index (χ1) is 11.0. The number of likely N-dealkylation sites (tertiary alicyclic amines) is 1. The molecule has 2 atom stereocenters. The van der Waals surface area contributed by atoms with Crippen molar-refractivity contribution in [2.24, 2.45) is 0 Å². The molecule has 1 aliphatic rings. The van der Waals surface area contributed by atoms with E-state index in [1.807, 2.05) is 0 Å². The van der Waals surface area contributed by atoms with Gasteiger partial charge in [-0.2, -0.15) is 0 Å². The summed E-state index contributed by atoms with van der Waals surface area (Å²) in [5, 5.41) is 13.0. The summed E-state index contributed by atoms with van der Waals surface area (Å²) in [6.07, 6.45) is 3.10. The number of carbonyl (C=O) groups is 1. The number of halogens is 1. The molecule has 0 aliphatic carbocycles. The molecule has 2 unspecified atom stereocenters.